The highest BCUT2D eigenvalue weighted by molar-refractivity contribution is 9.10. The quantitative estimate of drug-likeness (QED) is 0.911. The average Bonchev–Trinajstić information content (AvgIpc) is 2.40. The van der Waals surface area contributed by atoms with Crippen LogP contribution in [0.1, 0.15) is 17.2 Å². The van der Waals surface area contributed by atoms with Gasteiger partial charge in [0.1, 0.15) is 6.10 Å². The standard InChI is InChI=1S/C15H15BrO2/c16-13-8-6-12(7-9-13)15(18)14(17)10-11-4-2-1-3-5-11/h1-9,14-15,17-18H,10H2. The molecule has 0 aliphatic rings. The largest absolute Gasteiger partial charge is 0.390 e. The Kier molecular flexibility index (Phi) is 4.53. The zero-order valence-electron chi connectivity index (χ0n) is 9.83. The van der Waals surface area contributed by atoms with Gasteiger partial charge in [0.15, 0.2) is 0 Å². The molecule has 0 aromatic heterocycles. The van der Waals surface area contributed by atoms with Gasteiger partial charge in [-0.3, -0.25) is 0 Å². The summed E-state index contributed by atoms with van der Waals surface area (Å²) < 4.78 is 0.955. The summed E-state index contributed by atoms with van der Waals surface area (Å²) in [5, 5.41) is 20.1. The SMILES string of the molecule is OC(Cc1ccccc1)C(O)c1ccc(Br)cc1. The minimum Gasteiger partial charge on any atom is -0.390 e. The Balaban J connectivity index is 2.05. The van der Waals surface area contributed by atoms with Crippen molar-refractivity contribution in [2.24, 2.45) is 0 Å². The van der Waals surface area contributed by atoms with Gasteiger partial charge in [-0.15, -0.1) is 0 Å². The predicted octanol–water partition coefficient (Wildman–Crippen LogP) is 3.09. The lowest BCUT2D eigenvalue weighted by molar-refractivity contribution is 0.0189. The average molecular weight is 307 g/mol. The predicted molar refractivity (Wildman–Crippen MR) is 75.3 cm³/mol. The van der Waals surface area contributed by atoms with Crippen LogP contribution in [-0.2, 0) is 6.42 Å². The van der Waals surface area contributed by atoms with Crippen LogP contribution in [0.5, 0.6) is 0 Å². The molecule has 0 aliphatic heterocycles. The van der Waals surface area contributed by atoms with Crippen molar-refractivity contribution in [1.29, 1.82) is 0 Å². The third-order valence-corrected chi connectivity index (χ3v) is 3.39. The number of halogens is 1. The van der Waals surface area contributed by atoms with Crippen LogP contribution >= 0.6 is 15.9 Å². The Bertz CT molecular complexity index is 482. The van der Waals surface area contributed by atoms with Crippen molar-refractivity contribution in [3.63, 3.8) is 0 Å². The Morgan fingerprint density at radius 2 is 1.50 bits per heavy atom. The Morgan fingerprint density at radius 3 is 2.11 bits per heavy atom. The first-order chi connectivity index (χ1) is 8.66. The van der Waals surface area contributed by atoms with E-state index in [1.807, 2.05) is 54.6 Å². The molecule has 0 fully saturated rings. The smallest absolute Gasteiger partial charge is 0.105 e. The highest BCUT2D eigenvalue weighted by Crippen LogP contribution is 2.21. The Hall–Kier alpha value is -1.16. The second-order valence-electron chi connectivity index (χ2n) is 4.25. The minimum atomic E-state index is -0.863. The lowest BCUT2D eigenvalue weighted by Crippen LogP contribution is -2.20. The van der Waals surface area contributed by atoms with Crippen molar-refractivity contribution in [2.75, 3.05) is 0 Å². The molecule has 0 saturated carbocycles. The van der Waals surface area contributed by atoms with Crippen LogP contribution in [0.4, 0.5) is 0 Å². The molecule has 0 heterocycles. The number of hydrogen-bond donors (Lipinski definition) is 2. The topological polar surface area (TPSA) is 40.5 Å². The van der Waals surface area contributed by atoms with Crippen molar-refractivity contribution in [2.45, 2.75) is 18.6 Å². The highest BCUT2D eigenvalue weighted by Gasteiger charge is 2.18. The molecular formula is C15H15BrO2. The second kappa shape index (κ2) is 6.14. The molecule has 0 amide bonds. The maximum absolute atomic E-state index is 10.1. The summed E-state index contributed by atoms with van der Waals surface area (Å²) >= 11 is 3.34. The van der Waals surface area contributed by atoms with E-state index in [2.05, 4.69) is 15.9 Å². The van der Waals surface area contributed by atoms with Gasteiger partial charge in [-0.2, -0.15) is 0 Å². The maximum Gasteiger partial charge on any atom is 0.105 e. The van der Waals surface area contributed by atoms with Gasteiger partial charge in [0.05, 0.1) is 6.10 Å². The van der Waals surface area contributed by atoms with E-state index in [-0.39, 0.29) is 0 Å². The maximum atomic E-state index is 10.1. The van der Waals surface area contributed by atoms with Gasteiger partial charge in [0.2, 0.25) is 0 Å². The molecule has 2 atom stereocenters. The third kappa shape index (κ3) is 3.42. The zero-order chi connectivity index (χ0) is 13.0. The number of hydrogen-bond acceptors (Lipinski definition) is 2. The van der Waals surface area contributed by atoms with Crippen LogP contribution in [0.15, 0.2) is 59.1 Å². The number of benzene rings is 2. The molecule has 2 nitrogen and oxygen atoms in total. The normalized spacial score (nSPS) is 14.2. The minimum absolute atomic E-state index is 0.443. The summed E-state index contributed by atoms with van der Waals surface area (Å²) in [5.74, 6) is 0. The fourth-order valence-electron chi connectivity index (χ4n) is 1.85. The third-order valence-electron chi connectivity index (χ3n) is 2.86. The first-order valence-corrected chi connectivity index (χ1v) is 6.61. The van der Waals surface area contributed by atoms with Gasteiger partial charge >= 0.3 is 0 Å². The molecule has 0 bridgehead atoms. The van der Waals surface area contributed by atoms with Crippen LogP contribution in [-0.4, -0.2) is 16.3 Å². The molecule has 0 aliphatic carbocycles. The van der Waals surface area contributed by atoms with Crippen LogP contribution < -0.4 is 0 Å². The molecule has 2 aromatic carbocycles. The van der Waals surface area contributed by atoms with Gasteiger partial charge in [-0.05, 0) is 23.3 Å². The first kappa shape index (κ1) is 13.3. The van der Waals surface area contributed by atoms with Crippen LogP contribution in [0.25, 0.3) is 0 Å². The van der Waals surface area contributed by atoms with Gasteiger partial charge in [-0.1, -0.05) is 58.4 Å². The fraction of sp³-hybridized carbons (Fsp3) is 0.200. The molecule has 0 spiro atoms. The number of aliphatic hydroxyl groups is 2. The summed E-state index contributed by atoms with van der Waals surface area (Å²) in [6, 6.07) is 17.0. The van der Waals surface area contributed by atoms with E-state index in [4.69, 9.17) is 0 Å². The van der Waals surface area contributed by atoms with Gasteiger partial charge in [0, 0.05) is 10.9 Å². The van der Waals surface area contributed by atoms with Crippen molar-refractivity contribution in [3.05, 3.63) is 70.2 Å². The number of rotatable bonds is 4. The molecular weight excluding hydrogens is 292 g/mol. The summed E-state index contributed by atoms with van der Waals surface area (Å²) in [6.07, 6.45) is -1.22. The summed E-state index contributed by atoms with van der Waals surface area (Å²) in [4.78, 5) is 0. The molecule has 94 valence electrons. The lowest BCUT2D eigenvalue weighted by atomic mass is 9.99. The number of aliphatic hydroxyl groups excluding tert-OH is 2. The Labute approximate surface area is 115 Å². The van der Waals surface area contributed by atoms with Crippen LogP contribution in [0.2, 0.25) is 0 Å². The lowest BCUT2D eigenvalue weighted by Gasteiger charge is -2.18. The summed E-state index contributed by atoms with van der Waals surface area (Å²) in [7, 11) is 0. The van der Waals surface area contributed by atoms with Gasteiger partial charge in [-0.25, -0.2) is 0 Å². The van der Waals surface area contributed by atoms with Crippen molar-refractivity contribution < 1.29 is 10.2 Å². The molecule has 18 heavy (non-hydrogen) atoms. The molecule has 2 N–H and O–H groups in total. The molecule has 2 rings (SSSR count). The molecule has 0 radical (unpaired) electrons. The highest BCUT2D eigenvalue weighted by atomic mass is 79.9. The first-order valence-electron chi connectivity index (χ1n) is 5.82. The van der Waals surface area contributed by atoms with Crippen molar-refractivity contribution in [1.82, 2.24) is 0 Å². The van der Waals surface area contributed by atoms with E-state index in [0.29, 0.717) is 6.42 Å². The van der Waals surface area contributed by atoms with Crippen LogP contribution in [0.3, 0.4) is 0 Å². The van der Waals surface area contributed by atoms with Crippen molar-refractivity contribution in [3.8, 4) is 0 Å². The van der Waals surface area contributed by atoms with E-state index >= 15 is 0 Å². The van der Waals surface area contributed by atoms with Gasteiger partial charge in [0.25, 0.3) is 0 Å². The van der Waals surface area contributed by atoms with Crippen molar-refractivity contribution >= 4 is 15.9 Å². The van der Waals surface area contributed by atoms with E-state index in [1.54, 1.807) is 0 Å². The fourth-order valence-corrected chi connectivity index (χ4v) is 2.11. The monoisotopic (exact) mass is 306 g/mol. The molecule has 0 saturated heterocycles. The van der Waals surface area contributed by atoms with Gasteiger partial charge < -0.3 is 10.2 Å². The molecule has 2 aromatic rings. The zero-order valence-corrected chi connectivity index (χ0v) is 11.4. The van der Waals surface area contributed by atoms with E-state index in [9.17, 15) is 10.2 Å². The molecule has 3 heteroatoms. The second-order valence-corrected chi connectivity index (χ2v) is 5.17. The van der Waals surface area contributed by atoms with Crippen LogP contribution in [0, 0.1) is 0 Å². The van der Waals surface area contributed by atoms with E-state index < -0.39 is 12.2 Å². The van der Waals surface area contributed by atoms with E-state index in [1.165, 1.54) is 0 Å². The summed E-state index contributed by atoms with van der Waals surface area (Å²) in [6.45, 7) is 0. The van der Waals surface area contributed by atoms with E-state index in [0.717, 1.165) is 15.6 Å². The summed E-state index contributed by atoms with van der Waals surface area (Å²) in [5.41, 5.74) is 1.74. The Morgan fingerprint density at radius 1 is 0.889 bits per heavy atom. The molecule has 2 unspecified atom stereocenters.